The Balaban J connectivity index is 1.64. The Morgan fingerprint density at radius 1 is 1.09 bits per heavy atom. The maximum absolute atomic E-state index is 13.2. The molecule has 1 unspecified atom stereocenters. The normalized spacial score (nSPS) is 23.5. The highest BCUT2D eigenvalue weighted by molar-refractivity contribution is 7.99. The van der Waals surface area contributed by atoms with Gasteiger partial charge in [-0.3, -0.25) is 9.59 Å². The SMILES string of the molecule is COC(=O)C1CCSCC[C@H](NC(=O)OCc2ccccc2)C(=O)NCCC2(CCCC2)C(=O)N1. The van der Waals surface area contributed by atoms with Crippen LogP contribution in [0, 0.1) is 5.41 Å². The molecule has 3 N–H and O–H groups in total. The molecular formula is C25H35N3O6S. The Labute approximate surface area is 210 Å². The first-order chi connectivity index (χ1) is 16.9. The first-order valence-corrected chi connectivity index (χ1v) is 13.3. The van der Waals surface area contributed by atoms with Gasteiger partial charge in [0.1, 0.15) is 18.7 Å². The molecule has 2 fully saturated rings. The molecule has 0 bridgehead atoms. The van der Waals surface area contributed by atoms with Crippen LogP contribution in [0.2, 0.25) is 0 Å². The number of hydrogen-bond acceptors (Lipinski definition) is 7. The van der Waals surface area contributed by atoms with Gasteiger partial charge in [0.05, 0.1) is 12.5 Å². The van der Waals surface area contributed by atoms with Crippen LogP contribution in [-0.4, -0.2) is 61.1 Å². The molecule has 1 aliphatic heterocycles. The first kappa shape index (κ1) is 26.8. The molecule has 1 aromatic rings. The third-order valence-electron chi connectivity index (χ3n) is 6.66. The molecular weight excluding hydrogens is 470 g/mol. The van der Waals surface area contributed by atoms with Crippen molar-refractivity contribution in [1.29, 1.82) is 0 Å². The average molecular weight is 506 g/mol. The van der Waals surface area contributed by atoms with E-state index in [1.165, 1.54) is 7.11 Å². The Morgan fingerprint density at radius 2 is 1.80 bits per heavy atom. The van der Waals surface area contributed by atoms with Crippen molar-refractivity contribution in [1.82, 2.24) is 16.0 Å². The van der Waals surface area contributed by atoms with Crippen LogP contribution < -0.4 is 16.0 Å². The molecule has 0 radical (unpaired) electrons. The van der Waals surface area contributed by atoms with Crippen LogP contribution in [0.15, 0.2) is 30.3 Å². The predicted molar refractivity (Wildman–Crippen MR) is 133 cm³/mol. The Hall–Kier alpha value is -2.75. The van der Waals surface area contributed by atoms with Crippen LogP contribution in [-0.2, 0) is 30.5 Å². The molecule has 1 saturated carbocycles. The van der Waals surface area contributed by atoms with E-state index in [1.807, 2.05) is 30.3 Å². The highest BCUT2D eigenvalue weighted by atomic mass is 32.2. The minimum Gasteiger partial charge on any atom is -0.467 e. The summed E-state index contributed by atoms with van der Waals surface area (Å²) in [6, 6.07) is 7.87. The summed E-state index contributed by atoms with van der Waals surface area (Å²) in [5, 5.41) is 8.49. The van der Waals surface area contributed by atoms with E-state index in [-0.39, 0.29) is 18.4 Å². The topological polar surface area (TPSA) is 123 Å². The van der Waals surface area contributed by atoms with E-state index in [1.54, 1.807) is 11.8 Å². The Bertz CT molecular complexity index is 875. The minimum atomic E-state index is -0.751. The zero-order valence-corrected chi connectivity index (χ0v) is 21.0. The third-order valence-corrected chi connectivity index (χ3v) is 7.71. The Morgan fingerprint density at radius 3 is 2.51 bits per heavy atom. The molecule has 1 spiro atoms. The van der Waals surface area contributed by atoms with Crippen LogP contribution in [0.4, 0.5) is 4.79 Å². The van der Waals surface area contributed by atoms with Crippen molar-refractivity contribution >= 4 is 35.6 Å². The zero-order valence-electron chi connectivity index (χ0n) is 20.2. The van der Waals surface area contributed by atoms with Gasteiger partial charge >= 0.3 is 12.1 Å². The highest BCUT2D eigenvalue weighted by Crippen LogP contribution is 2.41. The lowest BCUT2D eigenvalue weighted by atomic mass is 9.81. The van der Waals surface area contributed by atoms with Crippen LogP contribution in [0.1, 0.15) is 50.5 Å². The summed E-state index contributed by atoms with van der Waals surface area (Å²) >= 11 is 1.55. The number of carbonyl (C=O) groups excluding carboxylic acids is 4. The Kier molecular flexibility index (Phi) is 10.3. The summed E-state index contributed by atoms with van der Waals surface area (Å²) in [7, 11) is 1.32. The van der Waals surface area contributed by atoms with E-state index in [0.29, 0.717) is 50.2 Å². The standard InChI is InChI=1S/C25H35N3O6S/c1-33-22(30)20-10-16-35-15-9-19(28-24(32)34-17-18-7-3-2-4-8-18)21(29)26-14-13-25(23(31)27-20)11-5-6-12-25/h2-4,7-8,19-20H,5-6,9-17H2,1H3,(H,26,29)(H,27,31)(H,28,32)/t19-,20?/m0/s1. The van der Waals surface area contributed by atoms with Crippen molar-refractivity contribution in [2.24, 2.45) is 5.41 Å². The van der Waals surface area contributed by atoms with Gasteiger partial charge in [-0.15, -0.1) is 0 Å². The number of rotatable bonds is 4. The van der Waals surface area contributed by atoms with Crippen molar-refractivity contribution in [2.75, 3.05) is 25.2 Å². The van der Waals surface area contributed by atoms with Crippen LogP contribution in [0.25, 0.3) is 0 Å². The second-order valence-electron chi connectivity index (χ2n) is 9.03. The summed E-state index contributed by atoms with van der Waals surface area (Å²) in [6.45, 7) is 0.418. The summed E-state index contributed by atoms with van der Waals surface area (Å²) < 4.78 is 10.2. The van der Waals surface area contributed by atoms with Gasteiger partial charge in [0.2, 0.25) is 11.8 Å². The number of amides is 3. The second kappa shape index (κ2) is 13.4. The fourth-order valence-electron chi connectivity index (χ4n) is 4.57. The summed E-state index contributed by atoms with van der Waals surface area (Å²) in [5.74, 6) is 0.289. The van der Waals surface area contributed by atoms with E-state index in [9.17, 15) is 19.2 Å². The van der Waals surface area contributed by atoms with E-state index < -0.39 is 29.6 Å². The van der Waals surface area contributed by atoms with Crippen LogP contribution in [0.5, 0.6) is 0 Å². The number of alkyl carbamates (subject to hydrolysis) is 1. The van der Waals surface area contributed by atoms with E-state index in [0.717, 1.165) is 18.4 Å². The molecule has 2 atom stereocenters. The maximum atomic E-state index is 13.2. The highest BCUT2D eigenvalue weighted by Gasteiger charge is 2.42. The smallest absolute Gasteiger partial charge is 0.408 e. The van der Waals surface area contributed by atoms with Gasteiger partial charge in [0.15, 0.2) is 0 Å². The number of benzene rings is 1. The molecule has 3 amide bonds. The van der Waals surface area contributed by atoms with E-state index >= 15 is 0 Å². The molecule has 10 heteroatoms. The molecule has 1 aliphatic carbocycles. The largest absolute Gasteiger partial charge is 0.467 e. The molecule has 1 aromatic carbocycles. The van der Waals surface area contributed by atoms with Crippen molar-refractivity contribution < 1.29 is 28.7 Å². The van der Waals surface area contributed by atoms with E-state index in [2.05, 4.69) is 16.0 Å². The average Bonchev–Trinajstić information content (AvgIpc) is 3.35. The number of ether oxygens (including phenoxy) is 2. The molecule has 1 heterocycles. The molecule has 0 aromatic heterocycles. The zero-order chi connectivity index (χ0) is 25.1. The van der Waals surface area contributed by atoms with Gasteiger partial charge in [0, 0.05) is 6.54 Å². The van der Waals surface area contributed by atoms with Gasteiger partial charge < -0.3 is 25.4 Å². The van der Waals surface area contributed by atoms with Gasteiger partial charge in [-0.05, 0) is 49.2 Å². The lowest BCUT2D eigenvalue weighted by Crippen LogP contribution is -2.51. The van der Waals surface area contributed by atoms with Crippen molar-refractivity contribution in [2.45, 2.75) is 63.6 Å². The third kappa shape index (κ3) is 7.88. The lowest BCUT2D eigenvalue weighted by Gasteiger charge is -2.30. The summed E-state index contributed by atoms with van der Waals surface area (Å²) in [6.07, 6.45) is 3.95. The van der Waals surface area contributed by atoms with Gasteiger partial charge in [-0.2, -0.15) is 11.8 Å². The maximum Gasteiger partial charge on any atom is 0.408 e. The minimum absolute atomic E-state index is 0.113. The summed E-state index contributed by atoms with van der Waals surface area (Å²) in [4.78, 5) is 50.8. The molecule has 1 saturated heterocycles. The number of carbonyl (C=O) groups is 4. The molecule has 2 aliphatic rings. The monoisotopic (exact) mass is 505 g/mol. The predicted octanol–water partition coefficient (Wildman–Crippen LogP) is 2.53. The fourth-order valence-corrected chi connectivity index (χ4v) is 5.58. The van der Waals surface area contributed by atoms with Crippen molar-refractivity contribution in [3.05, 3.63) is 35.9 Å². The molecule has 9 nitrogen and oxygen atoms in total. The molecule has 35 heavy (non-hydrogen) atoms. The fraction of sp³-hybridized carbons (Fsp3) is 0.600. The quantitative estimate of drug-likeness (QED) is 0.538. The number of esters is 1. The van der Waals surface area contributed by atoms with Crippen LogP contribution in [0.3, 0.4) is 0 Å². The van der Waals surface area contributed by atoms with Crippen molar-refractivity contribution in [3.63, 3.8) is 0 Å². The molecule has 192 valence electrons. The number of methoxy groups -OCH3 is 1. The second-order valence-corrected chi connectivity index (χ2v) is 10.3. The summed E-state index contributed by atoms with van der Waals surface area (Å²) in [5.41, 5.74) is 0.239. The van der Waals surface area contributed by atoms with Gasteiger partial charge in [-0.25, -0.2) is 9.59 Å². The van der Waals surface area contributed by atoms with Crippen LogP contribution >= 0.6 is 11.8 Å². The number of thioether (sulfide) groups is 1. The molecule has 3 rings (SSSR count). The first-order valence-electron chi connectivity index (χ1n) is 12.1. The van der Waals surface area contributed by atoms with Gasteiger partial charge in [0.25, 0.3) is 0 Å². The number of hydrogen-bond donors (Lipinski definition) is 3. The van der Waals surface area contributed by atoms with Gasteiger partial charge in [-0.1, -0.05) is 43.2 Å². The lowest BCUT2D eigenvalue weighted by molar-refractivity contribution is -0.146. The van der Waals surface area contributed by atoms with Crippen molar-refractivity contribution in [3.8, 4) is 0 Å². The van der Waals surface area contributed by atoms with E-state index in [4.69, 9.17) is 9.47 Å². The number of nitrogens with one attached hydrogen (secondary N) is 3.